The second-order valence-electron chi connectivity index (χ2n) is 8.68. The summed E-state index contributed by atoms with van der Waals surface area (Å²) >= 11 is 0. The fourth-order valence-corrected chi connectivity index (χ4v) is 5.44. The summed E-state index contributed by atoms with van der Waals surface area (Å²) in [4.78, 5) is 50.7. The molecular formula is C19H24O7. The minimum absolute atomic E-state index is 0.00606. The van der Waals surface area contributed by atoms with E-state index in [4.69, 9.17) is 9.47 Å². The predicted octanol–water partition coefficient (Wildman–Crippen LogP) is 0.805. The number of Topliss-reactive ketones (excluding diaryl/α,β-unsaturated/α-hetero) is 2. The van der Waals surface area contributed by atoms with Crippen LogP contribution in [-0.4, -0.2) is 45.9 Å². The standard InChI is InChI=1S/C19H24O7/c1-8-4-5-11(20)13-10(6-12(8)21)14-15(22)18(3)9(2)7-19(14,17(24)26-18)25-16(13)23/h8-10,13-15,22H,4-7H2,1-3H3/t8-,9-,10-,13+,14-,15-,18-,19-/m0/s1. The molecule has 0 unspecified atom stereocenters. The third-order valence-corrected chi connectivity index (χ3v) is 7.30. The van der Waals surface area contributed by atoms with E-state index in [0.29, 0.717) is 6.42 Å². The van der Waals surface area contributed by atoms with Gasteiger partial charge in [-0.2, -0.15) is 0 Å². The van der Waals surface area contributed by atoms with E-state index in [1.54, 1.807) is 13.8 Å². The van der Waals surface area contributed by atoms with Gasteiger partial charge in [0.15, 0.2) is 0 Å². The van der Waals surface area contributed by atoms with E-state index in [9.17, 15) is 24.3 Å². The first-order chi connectivity index (χ1) is 12.1. The molecule has 1 spiro atoms. The van der Waals surface area contributed by atoms with Gasteiger partial charge < -0.3 is 14.6 Å². The molecule has 142 valence electrons. The van der Waals surface area contributed by atoms with Crippen LogP contribution in [0.25, 0.3) is 0 Å². The Hall–Kier alpha value is -1.76. The summed E-state index contributed by atoms with van der Waals surface area (Å²) < 4.78 is 11.0. The molecule has 0 amide bonds. The van der Waals surface area contributed by atoms with E-state index in [1.165, 1.54) is 0 Å². The summed E-state index contributed by atoms with van der Waals surface area (Å²) in [5.74, 6) is -4.87. The van der Waals surface area contributed by atoms with E-state index in [-0.39, 0.29) is 42.7 Å². The summed E-state index contributed by atoms with van der Waals surface area (Å²) in [5, 5.41) is 11.1. The molecule has 0 aromatic heterocycles. The Morgan fingerprint density at radius 2 is 1.77 bits per heavy atom. The number of aliphatic hydroxyl groups excluding tert-OH is 1. The zero-order valence-electron chi connectivity index (χ0n) is 15.2. The van der Waals surface area contributed by atoms with Crippen molar-refractivity contribution in [3.8, 4) is 0 Å². The van der Waals surface area contributed by atoms with Crippen molar-refractivity contribution in [1.29, 1.82) is 0 Å². The monoisotopic (exact) mass is 364 g/mol. The normalized spacial score (nSPS) is 50.9. The van der Waals surface area contributed by atoms with Crippen LogP contribution in [0.1, 0.15) is 46.5 Å². The Kier molecular flexibility index (Phi) is 3.65. The van der Waals surface area contributed by atoms with E-state index in [2.05, 4.69) is 0 Å². The minimum Gasteiger partial charge on any atom is -0.453 e. The lowest BCUT2D eigenvalue weighted by Gasteiger charge is -2.63. The Labute approximate surface area is 151 Å². The summed E-state index contributed by atoms with van der Waals surface area (Å²) in [5.41, 5.74) is -2.71. The third-order valence-electron chi connectivity index (χ3n) is 7.30. The lowest BCUT2D eigenvalue weighted by molar-refractivity contribution is -0.305. The minimum atomic E-state index is -1.60. The molecule has 3 aliphatic heterocycles. The highest BCUT2D eigenvalue weighted by atomic mass is 16.6. The molecular weight excluding hydrogens is 340 g/mol. The van der Waals surface area contributed by atoms with Gasteiger partial charge in [0.2, 0.25) is 5.60 Å². The molecule has 5 fully saturated rings. The third kappa shape index (κ3) is 2.03. The van der Waals surface area contributed by atoms with Gasteiger partial charge in [0, 0.05) is 37.0 Å². The zero-order chi connectivity index (χ0) is 19.0. The van der Waals surface area contributed by atoms with Gasteiger partial charge in [-0.05, 0) is 19.3 Å². The van der Waals surface area contributed by atoms with Crippen LogP contribution in [0.4, 0.5) is 0 Å². The Morgan fingerprint density at radius 1 is 1.08 bits per heavy atom. The Bertz CT molecular complexity index is 715. The number of esters is 2. The Balaban J connectivity index is 1.84. The summed E-state index contributed by atoms with van der Waals surface area (Å²) in [7, 11) is 0. The van der Waals surface area contributed by atoms with Crippen molar-refractivity contribution in [1.82, 2.24) is 0 Å². The van der Waals surface area contributed by atoms with Crippen molar-refractivity contribution in [3.63, 3.8) is 0 Å². The Morgan fingerprint density at radius 3 is 2.46 bits per heavy atom. The van der Waals surface area contributed by atoms with Gasteiger partial charge in [0.05, 0.1) is 0 Å². The number of ketones is 2. The number of rotatable bonds is 0. The smallest absolute Gasteiger partial charge is 0.351 e. The second kappa shape index (κ2) is 5.38. The lowest BCUT2D eigenvalue weighted by Crippen LogP contribution is -2.78. The maximum atomic E-state index is 12.7. The van der Waals surface area contributed by atoms with E-state index >= 15 is 0 Å². The van der Waals surface area contributed by atoms with Crippen molar-refractivity contribution >= 4 is 23.5 Å². The molecule has 2 bridgehead atoms. The average molecular weight is 364 g/mol. The van der Waals surface area contributed by atoms with E-state index in [1.807, 2.05) is 6.92 Å². The molecule has 2 saturated carbocycles. The van der Waals surface area contributed by atoms with Gasteiger partial charge in [0.25, 0.3) is 0 Å². The number of ether oxygens (including phenoxy) is 2. The number of fused-ring (bicyclic) bond motifs is 3. The van der Waals surface area contributed by atoms with Crippen LogP contribution < -0.4 is 0 Å². The second-order valence-corrected chi connectivity index (χ2v) is 8.68. The number of carbonyl (C=O) groups is 4. The van der Waals surface area contributed by atoms with Crippen LogP contribution in [0.5, 0.6) is 0 Å². The first-order valence-electron chi connectivity index (χ1n) is 9.31. The number of aliphatic hydroxyl groups is 1. The molecule has 3 saturated heterocycles. The largest absolute Gasteiger partial charge is 0.453 e. The molecule has 0 aromatic carbocycles. The maximum Gasteiger partial charge on any atom is 0.351 e. The fraction of sp³-hybridized carbons (Fsp3) is 0.789. The van der Waals surface area contributed by atoms with Gasteiger partial charge in [-0.15, -0.1) is 0 Å². The van der Waals surface area contributed by atoms with E-state index < -0.39 is 47.0 Å². The van der Waals surface area contributed by atoms with Gasteiger partial charge in [-0.3, -0.25) is 14.4 Å². The molecule has 1 N–H and O–H groups in total. The van der Waals surface area contributed by atoms with Crippen molar-refractivity contribution in [2.75, 3.05) is 0 Å². The van der Waals surface area contributed by atoms with Crippen LogP contribution in [0.3, 0.4) is 0 Å². The average Bonchev–Trinajstić information content (AvgIpc) is 2.55. The molecule has 0 radical (unpaired) electrons. The van der Waals surface area contributed by atoms with Crippen molar-refractivity contribution in [2.45, 2.75) is 63.8 Å². The lowest BCUT2D eigenvalue weighted by atomic mass is 9.52. The van der Waals surface area contributed by atoms with Crippen molar-refractivity contribution < 1.29 is 33.8 Å². The van der Waals surface area contributed by atoms with Crippen LogP contribution in [0.2, 0.25) is 0 Å². The molecule has 7 nitrogen and oxygen atoms in total. The van der Waals surface area contributed by atoms with Crippen LogP contribution in [0, 0.1) is 29.6 Å². The SMILES string of the molecule is C[C@H]1CCC(=O)[C@@H]2C(=O)O[C@]34C[C@H](C)[C@](C)(OC3=O)[C@@H](O)[C@@H]4[C@H]2CC1=O. The zero-order valence-corrected chi connectivity index (χ0v) is 15.2. The van der Waals surface area contributed by atoms with Crippen LogP contribution in [0.15, 0.2) is 0 Å². The van der Waals surface area contributed by atoms with Crippen LogP contribution in [-0.2, 0) is 28.7 Å². The van der Waals surface area contributed by atoms with Crippen molar-refractivity contribution in [2.24, 2.45) is 29.6 Å². The molecule has 0 aromatic rings. The predicted molar refractivity (Wildman–Crippen MR) is 86.6 cm³/mol. The number of hydrogen-bond donors (Lipinski definition) is 1. The first kappa shape index (κ1) is 17.6. The number of hydrogen-bond acceptors (Lipinski definition) is 7. The quantitative estimate of drug-likeness (QED) is 0.500. The molecule has 8 atom stereocenters. The van der Waals surface area contributed by atoms with Gasteiger partial charge in [0.1, 0.15) is 29.2 Å². The molecule has 5 aliphatic rings. The molecule has 2 aliphatic carbocycles. The first-order valence-corrected chi connectivity index (χ1v) is 9.31. The molecule has 7 heteroatoms. The highest BCUT2D eigenvalue weighted by Crippen LogP contribution is 2.59. The van der Waals surface area contributed by atoms with Gasteiger partial charge in [-0.25, -0.2) is 4.79 Å². The highest BCUT2D eigenvalue weighted by Gasteiger charge is 2.75. The van der Waals surface area contributed by atoms with Gasteiger partial charge in [-0.1, -0.05) is 13.8 Å². The maximum absolute atomic E-state index is 12.7. The molecule has 3 heterocycles. The number of carbonyl (C=O) groups excluding carboxylic acids is 4. The van der Waals surface area contributed by atoms with Gasteiger partial charge >= 0.3 is 11.9 Å². The van der Waals surface area contributed by atoms with E-state index in [0.717, 1.165) is 0 Å². The summed E-state index contributed by atoms with van der Waals surface area (Å²) in [6.07, 6.45) is -0.342. The van der Waals surface area contributed by atoms with Crippen LogP contribution >= 0.6 is 0 Å². The van der Waals surface area contributed by atoms with Crippen molar-refractivity contribution in [3.05, 3.63) is 0 Å². The topological polar surface area (TPSA) is 107 Å². The summed E-state index contributed by atoms with van der Waals surface area (Å²) in [6.45, 7) is 5.28. The fourth-order valence-electron chi connectivity index (χ4n) is 5.44. The molecule has 5 rings (SSSR count). The molecule has 26 heavy (non-hydrogen) atoms. The highest BCUT2D eigenvalue weighted by molar-refractivity contribution is 6.03. The summed E-state index contributed by atoms with van der Waals surface area (Å²) in [6, 6.07) is 0.